The predicted octanol–water partition coefficient (Wildman–Crippen LogP) is 2.00. The van der Waals surface area contributed by atoms with Crippen LogP contribution in [0.1, 0.15) is 20.3 Å². The molecule has 1 aromatic heterocycles. The molecule has 4 heteroatoms. The van der Waals surface area contributed by atoms with Gasteiger partial charge in [0.2, 0.25) is 5.95 Å². The Hall–Kier alpha value is -1.32. The third-order valence-corrected chi connectivity index (χ3v) is 2.54. The summed E-state index contributed by atoms with van der Waals surface area (Å²) in [5.41, 5.74) is 0. The number of anilines is 2. The highest BCUT2D eigenvalue weighted by Crippen LogP contribution is 2.12. The molecule has 84 valence electrons. The molecule has 15 heavy (non-hydrogen) atoms. The summed E-state index contributed by atoms with van der Waals surface area (Å²) in [6, 6.07) is 1.93. The lowest BCUT2D eigenvalue weighted by Crippen LogP contribution is -2.24. The van der Waals surface area contributed by atoms with E-state index in [2.05, 4.69) is 41.1 Å². The van der Waals surface area contributed by atoms with Crippen molar-refractivity contribution < 1.29 is 0 Å². The number of hydrogen-bond acceptors (Lipinski definition) is 4. The fraction of sp³-hybridized carbons (Fsp3) is 0.636. The van der Waals surface area contributed by atoms with Gasteiger partial charge in [-0.25, -0.2) is 4.98 Å². The van der Waals surface area contributed by atoms with Crippen molar-refractivity contribution in [2.45, 2.75) is 20.3 Å². The highest BCUT2D eigenvalue weighted by atomic mass is 15.2. The summed E-state index contributed by atoms with van der Waals surface area (Å²) in [5.74, 6) is 2.32. The van der Waals surface area contributed by atoms with Gasteiger partial charge in [-0.1, -0.05) is 20.3 Å². The zero-order valence-corrected chi connectivity index (χ0v) is 9.99. The third kappa shape index (κ3) is 3.38. The van der Waals surface area contributed by atoms with E-state index in [4.69, 9.17) is 0 Å². The average molecular weight is 208 g/mol. The molecule has 0 saturated carbocycles. The highest BCUT2D eigenvalue weighted by molar-refractivity contribution is 5.41. The molecule has 0 bridgehead atoms. The second-order valence-corrected chi connectivity index (χ2v) is 3.88. The van der Waals surface area contributed by atoms with E-state index in [1.54, 1.807) is 6.20 Å². The predicted molar refractivity (Wildman–Crippen MR) is 64.3 cm³/mol. The first-order chi connectivity index (χ1) is 7.17. The van der Waals surface area contributed by atoms with E-state index in [1.165, 1.54) is 6.42 Å². The minimum Gasteiger partial charge on any atom is -0.359 e. The minimum atomic E-state index is 0.670. The average Bonchev–Trinajstić information content (AvgIpc) is 2.28. The molecule has 0 saturated heterocycles. The molecule has 0 fully saturated rings. The summed E-state index contributed by atoms with van der Waals surface area (Å²) in [6.45, 7) is 5.48. The summed E-state index contributed by atoms with van der Waals surface area (Å²) in [6.07, 6.45) is 2.97. The zero-order valence-electron chi connectivity index (χ0n) is 9.99. The van der Waals surface area contributed by atoms with E-state index in [-0.39, 0.29) is 0 Å². The van der Waals surface area contributed by atoms with Crippen LogP contribution >= 0.6 is 0 Å². The minimum absolute atomic E-state index is 0.670. The molecular weight excluding hydrogens is 188 g/mol. The molecule has 0 aromatic carbocycles. The Morgan fingerprint density at radius 3 is 2.87 bits per heavy atom. The van der Waals surface area contributed by atoms with E-state index in [0.29, 0.717) is 11.9 Å². The summed E-state index contributed by atoms with van der Waals surface area (Å²) in [5, 5.41) is 2.94. The first kappa shape index (κ1) is 11.8. The van der Waals surface area contributed by atoms with Crippen LogP contribution in [-0.2, 0) is 0 Å². The molecule has 0 radical (unpaired) electrons. The van der Waals surface area contributed by atoms with Crippen LogP contribution in [0.5, 0.6) is 0 Å². The molecule has 1 atom stereocenters. The van der Waals surface area contributed by atoms with Crippen molar-refractivity contribution in [3.63, 3.8) is 0 Å². The van der Waals surface area contributed by atoms with E-state index >= 15 is 0 Å². The quantitative estimate of drug-likeness (QED) is 0.803. The molecule has 1 aromatic rings. The lowest BCUT2D eigenvalue weighted by atomic mass is 10.1. The maximum absolute atomic E-state index is 4.38. The fourth-order valence-electron chi connectivity index (χ4n) is 1.37. The van der Waals surface area contributed by atoms with Crippen molar-refractivity contribution in [3.05, 3.63) is 12.3 Å². The smallest absolute Gasteiger partial charge is 0.224 e. The van der Waals surface area contributed by atoms with Gasteiger partial charge < -0.3 is 10.2 Å². The van der Waals surface area contributed by atoms with Crippen LogP contribution in [0.2, 0.25) is 0 Å². The van der Waals surface area contributed by atoms with E-state index < -0.39 is 0 Å². The summed E-state index contributed by atoms with van der Waals surface area (Å²) in [7, 11) is 3.89. The van der Waals surface area contributed by atoms with Crippen LogP contribution in [-0.4, -0.2) is 30.6 Å². The Labute approximate surface area is 91.7 Å². The standard InChI is InChI=1S/C11H20N4/c1-5-9(2)8-15(4)10-6-7-13-11(12-3)14-10/h6-7,9H,5,8H2,1-4H3,(H,12,13,14). The maximum atomic E-state index is 4.38. The van der Waals surface area contributed by atoms with E-state index in [1.807, 2.05) is 13.1 Å². The summed E-state index contributed by atoms with van der Waals surface area (Å²) < 4.78 is 0. The Bertz CT molecular complexity index is 300. The van der Waals surface area contributed by atoms with Crippen LogP contribution in [0.3, 0.4) is 0 Å². The fourth-order valence-corrected chi connectivity index (χ4v) is 1.37. The number of hydrogen-bond donors (Lipinski definition) is 1. The number of nitrogens with zero attached hydrogens (tertiary/aromatic N) is 3. The van der Waals surface area contributed by atoms with Crippen molar-refractivity contribution in [1.82, 2.24) is 9.97 Å². The van der Waals surface area contributed by atoms with E-state index in [9.17, 15) is 0 Å². The van der Waals surface area contributed by atoms with E-state index in [0.717, 1.165) is 12.4 Å². The van der Waals surface area contributed by atoms with Crippen LogP contribution < -0.4 is 10.2 Å². The van der Waals surface area contributed by atoms with Crippen molar-refractivity contribution in [2.24, 2.45) is 5.92 Å². The Kier molecular flexibility index (Phi) is 4.34. The number of rotatable bonds is 5. The van der Waals surface area contributed by atoms with Gasteiger partial charge >= 0.3 is 0 Å². The van der Waals surface area contributed by atoms with Gasteiger partial charge in [-0.2, -0.15) is 4.98 Å². The van der Waals surface area contributed by atoms with Crippen molar-refractivity contribution in [2.75, 3.05) is 30.9 Å². The van der Waals surface area contributed by atoms with Gasteiger partial charge in [0.25, 0.3) is 0 Å². The van der Waals surface area contributed by atoms with Crippen molar-refractivity contribution >= 4 is 11.8 Å². The maximum Gasteiger partial charge on any atom is 0.224 e. The second kappa shape index (κ2) is 5.53. The normalized spacial score (nSPS) is 12.3. The molecule has 0 aliphatic carbocycles. The van der Waals surface area contributed by atoms with Gasteiger partial charge in [0, 0.05) is 26.8 Å². The summed E-state index contributed by atoms with van der Waals surface area (Å²) in [4.78, 5) is 10.6. The SMILES string of the molecule is CCC(C)CN(C)c1ccnc(NC)n1. The molecular formula is C11H20N4. The van der Waals surface area contributed by atoms with Crippen molar-refractivity contribution in [3.8, 4) is 0 Å². The molecule has 1 N–H and O–H groups in total. The molecule has 0 aliphatic heterocycles. The highest BCUT2D eigenvalue weighted by Gasteiger charge is 2.07. The molecule has 0 amide bonds. The van der Waals surface area contributed by atoms with Gasteiger partial charge in [0.05, 0.1) is 0 Å². The molecule has 0 aliphatic rings. The largest absolute Gasteiger partial charge is 0.359 e. The van der Waals surface area contributed by atoms with Crippen LogP contribution in [0.25, 0.3) is 0 Å². The Morgan fingerprint density at radius 2 is 2.27 bits per heavy atom. The third-order valence-electron chi connectivity index (χ3n) is 2.54. The van der Waals surface area contributed by atoms with Gasteiger partial charge in [0.1, 0.15) is 5.82 Å². The Balaban J connectivity index is 2.68. The summed E-state index contributed by atoms with van der Waals surface area (Å²) >= 11 is 0. The van der Waals surface area contributed by atoms with Crippen LogP contribution in [0.4, 0.5) is 11.8 Å². The first-order valence-corrected chi connectivity index (χ1v) is 5.39. The molecule has 1 unspecified atom stereocenters. The second-order valence-electron chi connectivity index (χ2n) is 3.88. The van der Waals surface area contributed by atoms with Crippen LogP contribution in [0, 0.1) is 5.92 Å². The van der Waals surface area contributed by atoms with Gasteiger partial charge in [-0.15, -0.1) is 0 Å². The topological polar surface area (TPSA) is 41.1 Å². The van der Waals surface area contributed by atoms with Gasteiger partial charge in [-0.05, 0) is 12.0 Å². The molecule has 1 rings (SSSR count). The number of nitrogens with one attached hydrogen (secondary N) is 1. The molecule has 0 spiro atoms. The molecule has 4 nitrogen and oxygen atoms in total. The monoisotopic (exact) mass is 208 g/mol. The Morgan fingerprint density at radius 1 is 1.53 bits per heavy atom. The lowest BCUT2D eigenvalue weighted by Gasteiger charge is -2.21. The van der Waals surface area contributed by atoms with Gasteiger partial charge in [0.15, 0.2) is 0 Å². The van der Waals surface area contributed by atoms with Crippen LogP contribution in [0.15, 0.2) is 12.3 Å². The lowest BCUT2D eigenvalue weighted by molar-refractivity contribution is 0.557. The van der Waals surface area contributed by atoms with Gasteiger partial charge in [-0.3, -0.25) is 0 Å². The number of aromatic nitrogens is 2. The first-order valence-electron chi connectivity index (χ1n) is 5.39. The zero-order chi connectivity index (χ0) is 11.3. The molecule has 1 heterocycles. The van der Waals surface area contributed by atoms with Crippen molar-refractivity contribution in [1.29, 1.82) is 0 Å².